The van der Waals surface area contributed by atoms with Crippen LogP contribution in [-0.2, 0) is 13.0 Å². The van der Waals surface area contributed by atoms with Gasteiger partial charge < -0.3 is 10.6 Å². The summed E-state index contributed by atoms with van der Waals surface area (Å²) in [5, 5.41) is 1.45. The van der Waals surface area contributed by atoms with Crippen LogP contribution in [0, 0.1) is 0 Å². The zero-order valence-electron chi connectivity index (χ0n) is 9.90. The molecule has 1 aliphatic rings. The number of nitrogen functional groups attached to an aromatic ring is 1. The van der Waals surface area contributed by atoms with E-state index in [1.165, 1.54) is 22.5 Å². The molecule has 94 valence electrons. The van der Waals surface area contributed by atoms with Crippen molar-refractivity contribution >= 4 is 33.8 Å². The number of nitrogens with zero attached hydrogens (tertiary/aromatic N) is 2. The first-order chi connectivity index (χ1) is 8.72. The molecule has 0 amide bonds. The summed E-state index contributed by atoms with van der Waals surface area (Å²) in [5.74, 6) is 0. The Morgan fingerprint density at radius 3 is 3.11 bits per heavy atom. The first-order valence-corrected chi connectivity index (χ1v) is 7.15. The maximum Gasteiger partial charge on any atom is 0.180 e. The zero-order chi connectivity index (χ0) is 12.5. The van der Waals surface area contributed by atoms with Gasteiger partial charge in [0.15, 0.2) is 5.13 Å². The minimum absolute atomic E-state index is 0.637. The first-order valence-electron chi connectivity index (χ1n) is 5.96. The van der Waals surface area contributed by atoms with Crippen LogP contribution in [0.2, 0.25) is 5.02 Å². The van der Waals surface area contributed by atoms with Gasteiger partial charge in [-0.2, -0.15) is 0 Å². The lowest BCUT2D eigenvalue weighted by molar-refractivity contribution is 0.694. The highest BCUT2D eigenvalue weighted by Crippen LogP contribution is 2.31. The van der Waals surface area contributed by atoms with Gasteiger partial charge >= 0.3 is 0 Å². The van der Waals surface area contributed by atoms with E-state index in [1.807, 2.05) is 12.3 Å². The van der Waals surface area contributed by atoms with E-state index in [2.05, 4.69) is 22.0 Å². The van der Waals surface area contributed by atoms with Crippen LogP contribution >= 0.6 is 22.9 Å². The summed E-state index contributed by atoms with van der Waals surface area (Å²) >= 11 is 7.60. The van der Waals surface area contributed by atoms with Crippen LogP contribution in [0.25, 0.3) is 0 Å². The van der Waals surface area contributed by atoms with Crippen molar-refractivity contribution in [1.29, 1.82) is 0 Å². The monoisotopic (exact) mass is 279 g/mol. The molecule has 2 heterocycles. The SMILES string of the molecule is Nc1ncc(CN2CCCc3cc(Cl)ccc32)s1. The molecule has 3 nitrogen and oxygen atoms in total. The van der Waals surface area contributed by atoms with E-state index < -0.39 is 0 Å². The van der Waals surface area contributed by atoms with Crippen LogP contribution in [0.4, 0.5) is 10.8 Å². The summed E-state index contributed by atoms with van der Waals surface area (Å²) in [5.41, 5.74) is 8.30. The molecule has 1 aromatic carbocycles. The minimum Gasteiger partial charge on any atom is -0.375 e. The van der Waals surface area contributed by atoms with E-state index in [1.54, 1.807) is 11.3 Å². The highest BCUT2D eigenvalue weighted by atomic mass is 35.5. The van der Waals surface area contributed by atoms with Gasteiger partial charge in [0.25, 0.3) is 0 Å². The summed E-state index contributed by atoms with van der Waals surface area (Å²) in [6, 6.07) is 6.14. The Kier molecular flexibility index (Phi) is 3.14. The largest absolute Gasteiger partial charge is 0.375 e. The number of thiazole rings is 1. The Labute approximate surface area is 115 Å². The highest BCUT2D eigenvalue weighted by Gasteiger charge is 2.17. The van der Waals surface area contributed by atoms with Gasteiger partial charge in [-0.1, -0.05) is 11.6 Å². The van der Waals surface area contributed by atoms with E-state index >= 15 is 0 Å². The van der Waals surface area contributed by atoms with Gasteiger partial charge in [-0.05, 0) is 36.6 Å². The average molecular weight is 280 g/mol. The molecule has 1 aromatic heterocycles. The number of nitrogens with two attached hydrogens (primary N) is 1. The van der Waals surface area contributed by atoms with Crippen LogP contribution < -0.4 is 10.6 Å². The minimum atomic E-state index is 0.637. The molecule has 0 radical (unpaired) electrons. The van der Waals surface area contributed by atoms with Crippen molar-refractivity contribution in [2.75, 3.05) is 17.2 Å². The van der Waals surface area contributed by atoms with E-state index in [0.29, 0.717) is 5.13 Å². The number of anilines is 2. The molecule has 3 rings (SSSR count). The Balaban J connectivity index is 1.87. The Hall–Kier alpha value is -1.26. The lowest BCUT2D eigenvalue weighted by atomic mass is 10.0. The topological polar surface area (TPSA) is 42.1 Å². The van der Waals surface area contributed by atoms with Crippen molar-refractivity contribution in [2.45, 2.75) is 19.4 Å². The van der Waals surface area contributed by atoms with E-state index in [9.17, 15) is 0 Å². The molecule has 0 saturated heterocycles. The molecular weight excluding hydrogens is 266 g/mol. The molecule has 1 aliphatic heterocycles. The van der Waals surface area contributed by atoms with Gasteiger partial charge in [-0.25, -0.2) is 4.98 Å². The van der Waals surface area contributed by atoms with E-state index in [4.69, 9.17) is 17.3 Å². The van der Waals surface area contributed by atoms with Crippen molar-refractivity contribution in [2.24, 2.45) is 0 Å². The van der Waals surface area contributed by atoms with Gasteiger partial charge in [0.05, 0.1) is 6.54 Å². The summed E-state index contributed by atoms with van der Waals surface area (Å²) in [6.45, 7) is 1.95. The van der Waals surface area contributed by atoms with Crippen molar-refractivity contribution in [3.05, 3.63) is 39.9 Å². The van der Waals surface area contributed by atoms with Crippen LogP contribution in [0.3, 0.4) is 0 Å². The number of rotatable bonds is 2. The predicted octanol–water partition coefficient (Wildman–Crippen LogP) is 3.33. The van der Waals surface area contributed by atoms with Crippen LogP contribution in [0.5, 0.6) is 0 Å². The number of aromatic nitrogens is 1. The van der Waals surface area contributed by atoms with Gasteiger partial charge in [-0.15, -0.1) is 11.3 Å². The average Bonchev–Trinajstić information content (AvgIpc) is 2.75. The number of fused-ring (bicyclic) bond motifs is 1. The molecule has 5 heteroatoms. The summed E-state index contributed by atoms with van der Waals surface area (Å²) < 4.78 is 0. The molecule has 2 aromatic rings. The van der Waals surface area contributed by atoms with Crippen LogP contribution in [-0.4, -0.2) is 11.5 Å². The number of hydrogen-bond donors (Lipinski definition) is 1. The molecule has 0 aliphatic carbocycles. The third kappa shape index (κ3) is 2.31. The third-order valence-corrected chi connectivity index (χ3v) is 4.22. The normalized spacial score (nSPS) is 14.6. The summed E-state index contributed by atoms with van der Waals surface area (Å²) in [6.07, 6.45) is 4.14. The maximum atomic E-state index is 6.04. The van der Waals surface area contributed by atoms with E-state index in [-0.39, 0.29) is 0 Å². The molecular formula is C13H14ClN3S. The van der Waals surface area contributed by atoms with Gasteiger partial charge in [0.1, 0.15) is 0 Å². The Bertz CT molecular complexity index is 567. The standard InChI is InChI=1S/C13H14ClN3S/c14-10-3-4-12-9(6-10)2-1-5-17(12)8-11-7-16-13(15)18-11/h3-4,6-7H,1-2,5,8H2,(H2,15,16). The zero-order valence-corrected chi connectivity index (χ0v) is 11.5. The number of aryl methyl sites for hydroxylation is 1. The van der Waals surface area contributed by atoms with Crippen molar-refractivity contribution in [3.63, 3.8) is 0 Å². The second-order valence-electron chi connectivity index (χ2n) is 4.46. The van der Waals surface area contributed by atoms with E-state index in [0.717, 1.165) is 24.5 Å². The van der Waals surface area contributed by atoms with Crippen molar-refractivity contribution in [3.8, 4) is 0 Å². The predicted molar refractivity (Wildman–Crippen MR) is 77.3 cm³/mol. The smallest absolute Gasteiger partial charge is 0.180 e. The first kappa shape index (κ1) is 11.8. The molecule has 0 atom stereocenters. The van der Waals surface area contributed by atoms with Crippen molar-refractivity contribution < 1.29 is 0 Å². The fraction of sp³-hybridized carbons (Fsp3) is 0.308. The second-order valence-corrected chi connectivity index (χ2v) is 6.05. The fourth-order valence-corrected chi connectivity index (χ4v) is 3.29. The van der Waals surface area contributed by atoms with Gasteiger partial charge in [-0.3, -0.25) is 0 Å². The van der Waals surface area contributed by atoms with Gasteiger partial charge in [0.2, 0.25) is 0 Å². The van der Waals surface area contributed by atoms with Gasteiger partial charge in [0, 0.05) is 28.3 Å². The second kappa shape index (κ2) is 4.78. The maximum absolute atomic E-state index is 6.04. The number of halogens is 1. The Morgan fingerprint density at radius 1 is 1.44 bits per heavy atom. The summed E-state index contributed by atoms with van der Waals surface area (Å²) in [7, 11) is 0. The van der Waals surface area contributed by atoms with Crippen LogP contribution in [0.15, 0.2) is 24.4 Å². The number of hydrogen-bond acceptors (Lipinski definition) is 4. The molecule has 0 saturated carbocycles. The molecule has 0 spiro atoms. The molecule has 0 fully saturated rings. The lowest BCUT2D eigenvalue weighted by Gasteiger charge is -2.31. The molecule has 0 bridgehead atoms. The lowest BCUT2D eigenvalue weighted by Crippen LogP contribution is -2.28. The summed E-state index contributed by atoms with van der Waals surface area (Å²) in [4.78, 5) is 7.68. The molecule has 0 unspecified atom stereocenters. The highest BCUT2D eigenvalue weighted by molar-refractivity contribution is 7.15. The molecule has 2 N–H and O–H groups in total. The third-order valence-electron chi connectivity index (χ3n) is 3.17. The van der Waals surface area contributed by atoms with Crippen molar-refractivity contribution in [1.82, 2.24) is 4.98 Å². The fourth-order valence-electron chi connectivity index (χ4n) is 2.39. The van der Waals surface area contributed by atoms with Crippen LogP contribution in [0.1, 0.15) is 16.9 Å². The number of benzene rings is 1. The Morgan fingerprint density at radius 2 is 2.33 bits per heavy atom. The molecule has 18 heavy (non-hydrogen) atoms. The quantitative estimate of drug-likeness (QED) is 0.917.